The molecule has 4 heterocycles. The first kappa shape index (κ1) is 21.3. The molecule has 0 aliphatic carbocycles. The van der Waals surface area contributed by atoms with Crippen LogP contribution in [0.5, 0.6) is 0 Å². The van der Waals surface area contributed by atoms with Crippen LogP contribution in [0.15, 0.2) is 36.7 Å². The lowest BCUT2D eigenvalue weighted by atomic mass is 10.1. The molecule has 3 aromatic heterocycles. The fourth-order valence-electron chi connectivity index (χ4n) is 3.64. The van der Waals surface area contributed by atoms with Crippen molar-refractivity contribution in [2.45, 2.75) is 57.8 Å². The monoisotopic (exact) mass is 443 g/mol. The van der Waals surface area contributed by atoms with E-state index in [0.717, 1.165) is 48.7 Å². The Morgan fingerprint density at radius 1 is 1.17 bits per heavy atom. The Morgan fingerprint density at radius 2 is 1.97 bits per heavy atom. The average Bonchev–Trinajstić information content (AvgIpc) is 3.10. The van der Waals surface area contributed by atoms with E-state index in [1.165, 1.54) is 0 Å². The summed E-state index contributed by atoms with van der Waals surface area (Å²) in [5.74, 6) is 0. The molecule has 0 spiro atoms. The minimum absolute atomic E-state index is 0.219. The molecule has 1 fully saturated rings. The number of hydrogen-bond acceptors (Lipinski definition) is 5. The van der Waals surface area contributed by atoms with Gasteiger partial charge in [-0.25, -0.2) is 9.50 Å². The highest BCUT2D eigenvalue weighted by Crippen LogP contribution is 2.38. The van der Waals surface area contributed by atoms with Gasteiger partial charge in [0, 0.05) is 25.0 Å². The van der Waals surface area contributed by atoms with Crippen LogP contribution in [0.2, 0.25) is 23.3 Å². The molecule has 3 aromatic rings. The molecule has 8 heteroatoms. The van der Waals surface area contributed by atoms with E-state index in [1.54, 1.807) is 16.8 Å². The van der Waals surface area contributed by atoms with Crippen LogP contribution < -0.4 is 4.90 Å². The normalized spacial score (nSPS) is 18.2. The molecule has 0 amide bonds. The van der Waals surface area contributed by atoms with Crippen LogP contribution >= 0.6 is 11.6 Å². The van der Waals surface area contributed by atoms with Gasteiger partial charge in [0.15, 0.2) is 14.0 Å². The number of rotatable bonds is 4. The van der Waals surface area contributed by atoms with Crippen LogP contribution in [0.1, 0.15) is 33.6 Å². The van der Waals surface area contributed by atoms with Gasteiger partial charge in [0.05, 0.1) is 18.0 Å². The van der Waals surface area contributed by atoms with Crippen LogP contribution in [0.25, 0.3) is 17.0 Å². The van der Waals surface area contributed by atoms with E-state index < -0.39 is 8.32 Å². The molecule has 0 saturated carbocycles. The third kappa shape index (κ3) is 4.24. The van der Waals surface area contributed by atoms with Crippen molar-refractivity contribution in [1.82, 2.24) is 19.6 Å². The Kier molecular flexibility index (Phi) is 5.63. The van der Waals surface area contributed by atoms with Crippen molar-refractivity contribution < 1.29 is 4.43 Å². The summed E-state index contributed by atoms with van der Waals surface area (Å²) in [5, 5.41) is 5.03. The molecule has 30 heavy (non-hydrogen) atoms. The first-order valence-electron chi connectivity index (χ1n) is 10.5. The maximum Gasteiger partial charge on any atom is 0.192 e. The second kappa shape index (κ2) is 7.94. The van der Waals surface area contributed by atoms with Crippen molar-refractivity contribution in [1.29, 1.82) is 0 Å². The van der Waals surface area contributed by atoms with Crippen molar-refractivity contribution in [3.8, 4) is 11.4 Å². The molecular formula is C22H30ClN5OSi. The van der Waals surface area contributed by atoms with Gasteiger partial charge in [0.1, 0.15) is 10.8 Å². The highest BCUT2D eigenvalue weighted by Gasteiger charge is 2.40. The highest BCUT2D eigenvalue weighted by atomic mass is 35.5. The first-order chi connectivity index (χ1) is 14.1. The second-order valence-corrected chi connectivity index (χ2v) is 14.7. The van der Waals surface area contributed by atoms with E-state index in [0.29, 0.717) is 5.15 Å². The summed E-state index contributed by atoms with van der Waals surface area (Å²) in [4.78, 5) is 11.4. The van der Waals surface area contributed by atoms with Crippen molar-refractivity contribution in [3.05, 3.63) is 41.8 Å². The third-order valence-corrected chi connectivity index (χ3v) is 11.1. The van der Waals surface area contributed by atoms with Crippen LogP contribution in [0.3, 0.4) is 0 Å². The topological polar surface area (TPSA) is 55.5 Å². The van der Waals surface area contributed by atoms with Crippen LogP contribution in [-0.2, 0) is 4.43 Å². The smallest absolute Gasteiger partial charge is 0.192 e. The van der Waals surface area contributed by atoms with Gasteiger partial charge in [-0.05, 0) is 55.2 Å². The molecule has 0 N–H and O–H groups in total. The van der Waals surface area contributed by atoms with E-state index in [9.17, 15) is 0 Å². The maximum absolute atomic E-state index is 6.71. The number of hydrogen-bond donors (Lipinski definition) is 0. The number of nitrogens with zero attached hydrogens (tertiary/aromatic N) is 5. The number of piperidine rings is 1. The summed E-state index contributed by atoms with van der Waals surface area (Å²) in [7, 11) is -1.78. The SMILES string of the molecule is CC(C)(C)[Si](C)(C)O[C@@H]1CCCN(c2ccnc(-c3cnc4ccc(Cl)nn34)c2)C1. The Hall–Kier alpha value is -1.96. The average molecular weight is 444 g/mol. The van der Waals surface area contributed by atoms with Gasteiger partial charge < -0.3 is 9.33 Å². The summed E-state index contributed by atoms with van der Waals surface area (Å²) in [5.41, 5.74) is 3.57. The summed E-state index contributed by atoms with van der Waals surface area (Å²) in [6.45, 7) is 13.5. The van der Waals surface area contributed by atoms with Crippen molar-refractivity contribution in [2.24, 2.45) is 0 Å². The fourth-order valence-corrected chi connectivity index (χ4v) is 5.16. The molecule has 4 rings (SSSR count). The Balaban J connectivity index is 1.57. The summed E-state index contributed by atoms with van der Waals surface area (Å²) in [6, 6.07) is 7.78. The Bertz CT molecular complexity index is 1050. The lowest BCUT2D eigenvalue weighted by molar-refractivity contribution is 0.160. The van der Waals surface area contributed by atoms with Crippen molar-refractivity contribution in [2.75, 3.05) is 18.0 Å². The predicted octanol–water partition coefficient (Wildman–Crippen LogP) is 5.44. The summed E-state index contributed by atoms with van der Waals surface area (Å²) in [6.07, 6.45) is 6.17. The Labute approximate surface area is 184 Å². The van der Waals surface area contributed by atoms with Gasteiger partial charge in [-0.2, -0.15) is 5.10 Å². The van der Waals surface area contributed by atoms with Crippen molar-refractivity contribution >= 4 is 31.3 Å². The molecule has 0 radical (unpaired) electrons. The van der Waals surface area contributed by atoms with Gasteiger partial charge in [0.25, 0.3) is 0 Å². The lowest BCUT2D eigenvalue weighted by Gasteiger charge is -2.43. The molecule has 1 aliphatic heterocycles. The standard InChI is InChI=1S/C22H30ClN5OSi/c1-22(2,3)30(4,5)29-17-7-6-12-27(15-17)16-10-11-24-18(13-16)19-14-25-21-9-8-20(23)26-28(19)21/h8-11,13-14,17H,6-7,12,15H2,1-5H3/t17-/m1/s1. The number of aromatic nitrogens is 4. The minimum Gasteiger partial charge on any atom is -0.412 e. The molecule has 1 aliphatic rings. The molecule has 0 aromatic carbocycles. The number of pyridine rings is 1. The number of imidazole rings is 1. The zero-order chi connectivity index (χ0) is 21.5. The van der Waals surface area contributed by atoms with E-state index in [4.69, 9.17) is 16.0 Å². The van der Waals surface area contributed by atoms with E-state index in [-0.39, 0.29) is 11.1 Å². The fraction of sp³-hybridized carbons (Fsp3) is 0.500. The van der Waals surface area contributed by atoms with Crippen LogP contribution in [0.4, 0.5) is 5.69 Å². The van der Waals surface area contributed by atoms with Gasteiger partial charge in [-0.1, -0.05) is 32.4 Å². The number of fused-ring (bicyclic) bond motifs is 1. The van der Waals surface area contributed by atoms with E-state index >= 15 is 0 Å². The quantitative estimate of drug-likeness (QED) is 0.503. The molecule has 6 nitrogen and oxygen atoms in total. The van der Waals surface area contributed by atoms with Gasteiger partial charge in [0.2, 0.25) is 0 Å². The van der Waals surface area contributed by atoms with Crippen molar-refractivity contribution in [3.63, 3.8) is 0 Å². The largest absolute Gasteiger partial charge is 0.412 e. The van der Waals surface area contributed by atoms with Gasteiger partial charge in [-0.3, -0.25) is 4.98 Å². The summed E-state index contributed by atoms with van der Waals surface area (Å²) >= 11 is 6.09. The summed E-state index contributed by atoms with van der Waals surface area (Å²) < 4.78 is 8.46. The molecule has 0 bridgehead atoms. The molecular weight excluding hydrogens is 414 g/mol. The number of anilines is 1. The number of halogens is 1. The minimum atomic E-state index is -1.78. The third-order valence-electron chi connectivity index (χ3n) is 6.35. The lowest BCUT2D eigenvalue weighted by Crippen LogP contribution is -2.49. The molecule has 160 valence electrons. The first-order valence-corrected chi connectivity index (χ1v) is 13.8. The van der Waals surface area contributed by atoms with Gasteiger partial charge in [-0.15, -0.1) is 0 Å². The van der Waals surface area contributed by atoms with E-state index in [2.05, 4.69) is 66.0 Å². The van der Waals surface area contributed by atoms with Crippen LogP contribution in [-0.4, -0.2) is 47.1 Å². The predicted molar refractivity (Wildman–Crippen MR) is 125 cm³/mol. The molecule has 1 saturated heterocycles. The molecule has 0 unspecified atom stereocenters. The Morgan fingerprint density at radius 3 is 2.73 bits per heavy atom. The molecule has 1 atom stereocenters. The zero-order valence-corrected chi connectivity index (χ0v) is 20.1. The van der Waals surface area contributed by atoms with Crippen LogP contribution in [0, 0.1) is 0 Å². The van der Waals surface area contributed by atoms with Gasteiger partial charge >= 0.3 is 0 Å². The maximum atomic E-state index is 6.71. The van der Waals surface area contributed by atoms with E-state index in [1.807, 2.05) is 12.3 Å². The highest BCUT2D eigenvalue weighted by molar-refractivity contribution is 6.74. The second-order valence-electron chi connectivity index (χ2n) is 9.56. The zero-order valence-electron chi connectivity index (χ0n) is 18.4.